The van der Waals surface area contributed by atoms with Crippen molar-refractivity contribution in [3.8, 4) is 11.5 Å². The SMILES string of the molecule is C=CCCCCCCCCCCCCCCCC(O)C(CCCCCCCC)Oc1cc(O)cc(CCCCCCCCCCCCCCC/C=C/CCCCCCCC)c1. The summed E-state index contributed by atoms with van der Waals surface area (Å²) in [5, 5.41) is 22.0. The van der Waals surface area contributed by atoms with Crippen molar-refractivity contribution in [2.45, 2.75) is 309 Å². The minimum Gasteiger partial charge on any atom is -0.508 e. The average molecular weight is 851 g/mol. The molecule has 3 nitrogen and oxygen atoms in total. The maximum Gasteiger partial charge on any atom is 0.124 e. The zero-order valence-electron chi connectivity index (χ0n) is 41.2. The summed E-state index contributed by atoms with van der Waals surface area (Å²) >= 11 is 0. The fraction of sp³-hybridized carbons (Fsp3) is 0.828. The fourth-order valence-corrected chi connectivity index (χ4v) is 9.07. The lowest BCUT2D eigenvalue weighted by Gasteiger charge is -2.25. The Bertz CT molecular complexity index is 1060. The number of phenols is 1. The highest BCUT2D eigenvalue weighted by Crippen LogP contribution is 2.27. The third kappa shape index (κ3) is 39.6. The number of aromatic hydroxyl groups is 1. The minimum absolute atomic E-state index is 0.209. The van der Waals surface area contributed by atoms with Crippen molar-refractivity contribution in [2.24, 2.45) is 0 Å². The van der Waals surface area contributed by atoms with Crippen molar-refractivity contribution in [2.75, 3.05) is 0 Å². The van der Waals surface area contributed by atoms with Crippen molar-refractivity contribution in [1.29, 1.82) is 0 Å². The molecule has 0 fully saturated rings. The van der Waals surface area contributed by atoms with Crippen LogP contribution in [0.2, 0.25) is 0 Å². The molecule has 0 saturated heterocycles. The number of ether oxygens (including phenoxy) is 1. The number of aryl methyl sites for hydroxylation is 1. The predicted octanol–water partition coefficient (Wildman–Crippen LogP) is 19.6. The number of hydrogen-bond donors (Lipinski definition) is 2. The van der Waals surface area contributed by atoms with Crippen molar-refractivity contribution < 1.29 is 14.9 Å². The Labute approximate surface area is 382 Å². The van der Waals surface area contributed by atoms with Crippen LogP contribution in [0, 0.1) is 0 Å². The van der Waals surface area contributed by atoms with Gasteiger partial charge in [-0.05, 0) is 88.3 Å². The second-order valence-corrected chi connectivity index (χ2v) is 19.2. The first-order chi connectivity index (χ1) is 30.1. The molecule has 2 atom stereocenters. The molecule has 1 rings (SSSR count). The molecule has 1 aromatic carbocycles. The molecular weight excluding hydrogens is 745 g/mol. The Morgan fingerprint density at radius 2 is 0.803 bits per heavy atom. The van der Waals surface area contributed by atoms with Crippen LogP contribution in [-0.2, 0) is 6.42 Å². The van der Waals surface area contributed by atoms with Crippen LogP contribution in [0.15, 0.2) is 43.0 Å². The van der Waals surface area contributed by atoms with Gasteiger partial charge in [0.05, 0.1) is 6.10 Å². The van der Waals surface area contributed by atoms with E-state index in [0.29, 0.717) is 0 Å². The van der Waals surface area contributed by atoms with Crippen LogP contribution in [-0.4, -0.2) is 22.4 Å². The molecule has 0 spiro atoms. The first-order valence-electron chi connectivity index (χ1n) is 27.5. The number of unbranched alkanes of at least 4 members (excludes halogenated alkanes) is 37. The van der Waals surface area contributed by atoms with Gasteiger partial charge in [-0.1, -0.05) is 244 Å². The number of aliphatic hydroxyl groups is 1. The summed E-state index contributed by atoms with van der Waals surface area (Å²) in [5.41, 5.74) is 1.15. The van der Waals surface area contributed by atoms with Gasteiger partial charge < -0.3 is 14.9 Å². The van der Waals surface area contributed by atoms with Crippen molar-refractivity contribution >= 4 is 0 Å². The van der Waals surface area contributed by atoms with Gasteiger partial charge >= 0.3 is 0 Å². The summed E-state index contributed by atoms with van der Waals surface area (Å²) < 4.78 is 6.54. The van der Waals surface area contributed by atoms with E-state index in [1.165, 1.54) is 244 Å². The summed E-state index contributed by atoms with van der Waals surface area (Å²) in [4.78, 5) is 0. The van der Waals surface area contributed by atoms with Gasteiger partial charge in [-0.15, -0.1) is 6.58 Å². The van der Waals surface area contributed by atoms with E-state index < -0.39 is 6.10 Å². The predicted molar refractivity (Wildman–Crippen MR) is 271 cm³/mol. The second kappa shape index (κ2) is 46.3. The third-order valence-electron chi connectivity index (χ3n) is 13.1. The number of phenolic OH excluding ortho intramolecular Hbond substituents is 1. The monoisotopic (exact) mass is 851 g/mol. The molecule has 0 aromatic heterocycles. The molecule has 0 amide bonds. The summed E-state index contributed by atoms with van der Waals surface area (Å²) in [6, 6.07) is 5.79. The van der Waals surface area contributed by atoms with Crippen LogP contribution in [0.25, 0.3) is 0 Å². The third-order valence-corrected chi connectivity index (χ3v) is 13.1. The highest BCUT2D eigenvalue weighted by Gasteiger charge is 2.21. The average Bonchev–Trinajstić information content (AvgIpc) is 3.25. The van der Waals surface area contributed by atoms with Crippen molar-refractivity contribution in [3.63, 3.8) is 0 Å². The summed E-state index contributed by atoms with van der Waals surface area (Å²) in [7, 11) is 0. The maximum absolute atomic E-state index is 11.4. The van der Waals surface area contributed by atoms with E-state index >= 15 is 0 Å². The molecular formula is C58H106O3. The van der Waals surface area contributed by atoms with Crippen LogP contribution < -0.4 is 4.74 Å². The molecule has 61 heavy (non-hydrogen) atoms. The smallest absolute Gasteiger partial charge is 0.124 e. The lowest BCUT2D eigenvalue weighted by Crippen LogP contribution is -2.32. The van der Waals surface area contributed by atoms with E-state index in [1.807, 2.05) is 12.1 Å². The van der Waals surface area contributed by atoms with Gasteiger partial charge in [0.25, 0.3) is 0 Å². The second-order valence-electron chi connectivity index (χ2n) is 19.2. The Kier molecular flexibility index (Phi) is 43.4. The molecule has 2 unspecified atom stereocenters. The molecule has 0 aliphatic heterocycles. The molecule has 0 aliphatic carbocycles. The van der Waals surface area contributed by atoms with Crippen LogP contribution in [0.5, 0.6) is 11.5 Å². The molecule has 0 bridgehead atoms. The molecule has 0 radical (unpaired) electrons. The van der Waals surface area contributed by atoms with Crippen LogP contribution in [0.3, 0.4) is 0 Å². The number of benzene rings is 1. The van der Waals surface area contributed by atoms with Crippen molar-refractivity contribution in [3.05, 3.63) is 48.6 Å². The Hall–Kier alpha value is -1.74. The van der Waals surface area contributed by atoms with Gasteiger partial charge in [0, 0.05) is 6.07 Å². The molecule has 0 saturated carbocycles. The van der Waals surface area contributed by atoms with Gasteiger partial charge in [-0.2, -0.15) is 0 Å². The van der Waals surface area contributed by atoms with Crippen LogP contribution >= 0.6 is 0 Å². The molecule has 0 aliphatic rings. The Balaban J connectivity index is 2.22. The van der Waals surface area contributed by atoms with Crippen LogP contribution in [0.4, 0.5) is 0 Å². The quantitative estimate of drug-likeness (QED) is 0.0507. The molecule has 0 heterocycles. The molecule has 2 N–H and O–H groups in total. The topological polar surface area (TPSA) is 49.7 Å². The minimum atomic E-state index is -0.458. The number of aliphatic hydroxyl groups excluding tert-OH is 1. The lowest BCUT2D eigenvalue weighted by atomic mass is 9.99. The van der Waals surface area contributed by atoms with Gasteiger partial charge in [-0.25, -0.2) is 0 Å². The van der Waals surface area contributed by atoms with Gasteiger partial charge in [0.2, 0.25) is 0 Å². The lowest BCUT2D eigenvalue weighted by molar-refractivity contribution is 0.0229. The van der Waals surface area contributed by atoms with E-state index in [1.54, 1.807) is 6.07 Å². The van der Waals surface area contributed by atoms with E-state index in [-0.39, 0.29) is 11.9 Å². The summed E-state index contributed by atoms with van der Waals surface area (Å²) in [6.45, 7) is 8.38. The molecule has 1 aromatic rings. The largest absolute Gasteiger partial charge is 0.508 e. The first kappa shape index (κ1) is 57.3. The Morgan fingerprint density at radius 3 is 1.23 bits per heavy atom. The van der Waals surface area contributed by atoms with Crippen molar-refractivity contribution in [1.82, 2.24) is 0 Å². The highest BCUT2D eigenvalue weighted by atomic mass is 16.5. The zero-order chi connectivity index (χ0) is 43.9. The molecule has 356 valence electrons. The van der Waals surface area contributed by atoms with E-state index in [4.69, 9.17) is 4.74 Å². The fourth-order valence-electron chi connectivity index (χ4n) is 9.07. The van der Waals surface area contributed by atoms with Gasteiger partial charge in [-0.3, -0.25) is 0 Å². The zero-order valence-corrected chi connectivity index (χ0v) is 41.2. The van der Waals surface area contributed by atoms with Crippen LogP contribution in [0.1, 0.15) is 296 Å². The number of hydrogen-bond acceptors (Lipinski definition) is 3. The number of rotatable bonds is 49. The van der Waals surface area contributed by atoms with Gasteiger partial charge in [0.15, 0.2) is 0 Å². The Morgan fingerprint density at radius 1 is 0.443 bits per heavy atom. The van der Waals surface area contributed by atoms with E-state index in [0.717, 1.165) is 49.8 Å². The van der Waals surface area contributed by atoms with Gasteiger partial charge in [0.1, 0.15) is 17.6 Å². The first-order valence-corrected chi connectivity index (χ1v) is 27.5. The summed E-state index contributed by atoms with van der Waals surface area (Å²) in [6.07, 6.45) is 63.3. The summed E-state index contributed by atoms with van der Waals surface area (Å²) in [5.74, 6) is 1.01. The van der Waals surface area contributed by atoms with E-state index in [2.05, 4.69) is 38.6 Å². The standard InChI is InChI=1S/C58H106O3/c1-4-7-10-13-16-18-20-22-24-25-26-27-28-29-30-31-33-34-36-38-40-42-45-48-54-51-55(59)53-56(52-54)61-58(50-47-44-15-12-9-6-3)57(60)49-46-43-41-39-37-35-32-23-21-19-17-14-11-8-5-2/h5,22,24,51-53,57-60H,2,4,6-21,23,25-50H2,1,3H3/b24-22+. The number of allylic oxidation sites excluding steroid dienone is 3. The van der Waals surface area contributed by atoms with E-state index in [9.17, 15) is 10.2 Å². The maximum atomic E-state index is 11.4. The molecule has 3 heteroatoms. The highest BCUT2D eigenvalue weighted by molar-refractivity contribution is 5.37. The normalized spacial score (nSPS) is 12.7.